The molecule has 1 heterocycles. The van der Waals surface area contributed by atoms with Gasteiger partial charge >= 0.3 is 0 Å². The quantitative estimate of drug-likeness (QED) is 0.366. The first-order valence-corrected chi connectivity index (χ1v) is 11.2. The molecule has 2 N–H and O–H groups in total. The predicted molar refractivity (Wildman–Crippen MR) is 134 cm³/mol. The third-order valence-corrected chi connectivity index (χ3v) is 5.90. The fraction of sp³-hybridized carbons (Fsp3) is 0.103. The summed E-state index contributed by atoms with van der Waals surface area (Å²) in [5, 5.41) is 5.86. The number of hydrogen-bond donors (Lipinski definition) is 2. The van der Waals surface area contributed by atoms with Crippen LogP contribution in [0, 0.1) is 6.92 Å². The van der Waals surface area contributed by atoms with Crippen molar-refractivity contribution in [2.75, 3.05) is 10.6 Å². The van der Waals surface area contributed by atoms with Gasteiger partial charge in [0.2, 0.25) is 5.91 Å². The maximum absolute atomic E-state index is 13.1. The van der Waals surface area contributed by atoms with Crippen molar-refractivity contribution in [2.45, 2.75) is 19.3 Å². The standard InChI is InChI=1S/C29H24N2O3/c1-19-12-14-27-25(16-19)31-29(33)24-17-22(13-15-26(24)34-27)30-28(32)18-23(20-8-4-2-5-9-20)21-10-6-3-7-11-21/h2-17,23H,18H2,1H3,(H,30,32)(H,31,33). The molecule has 4 aromatic rings. The van der Waals surface area contributed by atoms with Gasteiger partial charge in [-0.2, -0.15) is 0 Å². The molecule has 0 saturated heterocycles. The van der Waals surface area contributed by atoms with Crippen LogP contribution >= 0.6 is 0 Å². The summed E-state index contributed by atoms with van der Waals surface area (Å²) in [5.74, 6) is 0.550. The van der Waals surface area contributed by atoms with E-state index < -0.39 is 0 Å². The third kappa shape index (κ3) is 4.55. The summed E-state index contributed by atoms with van der Waals surface area (Å²) in [4.78, 5) is 25.9. The van der Waals surface area contributed by atoms with Crippen LogP contribution in [-0.2, 0) is 4.79 Å². The lowest BCUT2D eigenvalue weighted by Crippen LogP contribution is -2.17. The smallest absolute Gasteiger partial charge is 0.259 e. The lowest BCUT2D eigenvalue weighted by molar-refractivity contribution is -0.116. The molecule has 1 aliphatic rings. The average Bonchev–Trinajstić information content (AvgIpc) is 2.99. The normalized spacial score (nSPS) is 12.1. The van der Waals surface area contributed by atoms with Gasteiger partial charge in [-0.3, -0.25) is 9.59 Å². The lowest BCUT2D eigenvalue weighted by atomic mass is 9.88. The van der Waals surface area contributed by atoms with Crippen molar-refractivity contribution in [1.82, 2.24) is 0 Å². The van der Waals surface area contributed by atoms with Crippen LogP contribution in [-0.4, -0.2) is 11.8 Å². The number of rotatable bonds is 5. The first-order valence-electron chi connectivity index (χ1n) is 11.2. The van der Waals surface area contributed by atoms with Crippen LogP contribution in [0.25, 0.3) is 0 Å². The highest BCUT2D eigenvalue weighted by Crippen LogP contribution is 2.37. The first kappa shape index (κ1) is 21.5. The van der Waals surface area contributed by atoms with Crippen molar-refractivity contribution < 1.29 is 14.3 Å². The molecule has 0 aliphatic carbocycles. The van der Waals surface area contributed by atoms with Crippen LogP contribution in [0.2, 0.25) is 0 Å². The number of aryl methyl sites for hydroxylation is 1. The zero-order valence-corrected chi connectivity index (χ0v) is 18.7. The molecule has 5 heteroatoms. The number of anilines is 2. The minimum Gasteiger partial charge on any atom is -0.454 e. The van der Waals surface area contributed by atoms with Crippen molar-refractivity contribution in [3.05, 3.63) is 119 Å². The minimum atomic E-state index is -0.276. The number of ether oxygens (including phenoxy) is 1. The highest BCUT2D eigenvalue weighted by atomic mass is 16.5. The van der Waals surface area contributed by atoms with Crippen LogP contribution in [0.5, 0.6) is 11.5 Å². The van der Waals surface area contributed by atoms with Crippen LogP contribution in [0.4, 0.5) is 11.4 Å². The Morgan fingerprint density at radius 1 is 0.853 bits per heavy atom. The fourth-order valence-corrected chi connectivity index (χ4v) is 4.21. The predicted octanol–water partition coefficient (Wildman–Crippen LogP) is 6.51. The van der Waals surface area contributed by atoms with Gasteiger partial charge in [0.25, 0.3) is 5.91 Å². The van der Waals surface area contributed by atoms with E-state index in [2.05, 4.69) is 10.6 Å². The summed E-state index contributed by atoms with van der Waals surface area (Å²) in [6.07, 6.45) is 0.276. The second kappa shape index (κ2) is 9.24. The SMILES string of the molecule is Cc1ccc2c(c1)NC(=O)c1cc(NC(=O)CC(c3ccccc3)c3ccccc3)ccc1O2. The first-order chi connectivity index (χ1) is 16.6. The number of nitrogens with one attached hydrogen (secondary N) is 2. The Balaban J connectivity index is 1.37. The summed E-state index contributed by atoms with van der Waals surface area (Å²) in [5.41, 5.74) is 4.71. The minimum absolute atomic E-state index is 0.0763. The molecule has 0 fully saturated rings. The van der Waals surface area contributed by atoms with Crippen molar-refractivity contribution >= 4 is 23.2 Å². The number of hydrogen-bond acceptors (Lipinski definition) is 3. The molecule has 1 aliphatic heterocycles. The topological polar surface area (TPSA) is 67.4 Å². The van der Waals surface area contributed by atoms with E-state index in [4.69, 9.17) is 4.74 Å². The van der Waals surface area contributed by atoms with Crippen LogP contribution in [0.1, 0.15) is 39.4 Å². The van der Waals surface area contributed by atoms with Gasteiger partial charge in [-0.05, 0) is 53.9 Å². The number of carbonyl (C=O) groups excluding carboxylic acids is 2. The van der Waals surface area contributed by atoms with E-state index in [9.17, 15) is 9.59 Å². The Morgan fingerprint density at radius 2 is 1.50 bits per heavy atom. The highest BCUT2D eigenvalue weighted by Gasteiger charge is 2.23. The molecule has 4 aromatic carbocycles. The average molecular weight is 449 g/mol. The Hall–Kier alpha value is -4.38. The van der Waals surface area contributed by atoms with Gasteiger partial charge in [-0.15, -0.1) is 0 Å². The number of amides is 2. The second-order valence-corrected chi connectivity index (χ2v) is 8.39. The van der Waals surface area contributed by atoms with Crippen LogP contribution in [0.15, 0.2) is 97.1 Å². The molecule has 5 nitrogen and oxygen atoms in total. The molecule has 168 valence electrons. The highest BCUT2D eigenvalue weighted by molar-refractivity contribution is 6.09. The van der Waals surface area contributed by atoms with Gasteiger partial charge in [0.1, 0.15) is 5.75 Å². The fourth-order valence-electron chi connectivity index (χ4n) is 4.21. The maximum Gasteiger partial charge on any atom is 0.259 e. The molecule has 0 aromatic heterocycles. The van der Waals surface area contributed by atoms with Crippen molar-refractivity contribution in [1.29, 1.82) is 0 Å². The number of carbonyl (C=O) groups is 2. The zero-order chi connectivity index (χ0) is 23.5. The van der Waals surface area contributed by atoms with E-state index in [0.717, 1.165) is 16.7 Å². The third-order valence-electron chi connectivity index (χ3n) is 5.90. The monoisotopic (exact) mass is 448 g/mol. The molecule has 0 atom stereocenters. The molecule has 0 bridgehead atoms. The number of fused-ring (bicyclic) bond motifs is 2. The van der Waals surface area contributed by atoms with E-state index in [1.54, 1.807) is 18.2 Å². The molecule has 2 amide bonds. The van der Waals surface area contributed by atoms with Gasteiger partial charge in [0.05, 0.1) is 11.3 Å². The lowest BCUT2D eigenvalue weighted by Gasteiger charge is -2.18. The van der Waals surface area contributed by atoms with Gasteiger partial charge < -0.3 is 15.4 Å². The van der Waals surface area contributed by atoms with E-state index in [0.29, 0.717) is 28.4 Å². The number of benzene rings is 4. The van der Waals surface area contributed by atoms with Gasteiger partial charge in [-0.1, -0.05) is 66.7 Å². The molecule has 0 unspecified atom stereocenters. The Morgan fingerprint density at radius 3 is 2.18 bits per heavy atom. The molecular weight excluding hydrogens is 424 g/mol. The molecule has 0 spiro atoms. The summed E-state index contributed by atoms with van der Waals surface area (Å²) in [7, 11) is 0. The van der Waals surface area contributed by atoms with E-state index in [1.807, 2.05) is 85.8 Å². The molecule has 5 rings (SSSR count). The molecular formula is C29H24N2O3. The van der Waals surface area contributed by atoms with Crippen LogP contribution in [0.3, 0.4) is 0 Å². The summed E-state index contributed by atoms with van der Waals surface area (Å²) in [6, 6.07) is 30.8. The molecule has 0 saturated carbocycles. The van der Waals surface area contributed by atoms with Crippen molar-refractivity contribution in [3.63, 3.8) is 0 Å². The summed E-state index contributed by atoms with van der Waals surface area (Å²) < 4.78 is 5.97. The van der Waals surface area contributed by atoms with E-state index >= 15 is 0 Å². The maximum atomic E-state index is 13.1. The van der Waals surface area contributed by atoms with Gasteiger partial charge in [-0.25, -0.2) is 0 Å². The summed E-state index contributed by atoms with van der Waals surface area (Å²) in [6.45, 7) is 1.95. The van der Waals surface area contributed by atoms with E-state index in [1.165, 1.54) is 0 Å². The largest absolute Gasteiger partial charge is 0.454 e. The molecule has 34 heavy (non-hydrogen) atoms. The van der Waals surface area contributed by atoms with Crippen LogP contribution < -0.4 is 15.4 Å². The van der Waals surface area contributed by atoms with Crippen molar-refractivity contribution in [3.8, 4) is 11.5 Å². The van der Waals surface area contributed by atoms with Gasteiger partial charge in [0, 0.05) is 18.0 Å². The van der Waals surface area contributed by atoms with E-state index in [-0.39, 0.29) is 24.2 Å². The molecule has 0 radical (unpaired) electrons. The Kier molecular flexibility index (Phi) is 5.83. The second-order valence-electron chi connectivity index (χ2n) is 8.39. The Labute approximate surface area is 198 Å². The zero-order valence-electron chi connectivity index (χ0n) is 18.7. The Bertz CT molecular complexity index is 1310. The van der Waals surface area contributed by atoms with Gasteiger partial charge in [0.15, 0.2) is 5.75 Å². The van der Waals surface area contributed by atoms with Crippen molar-refractivity contribution in [2.24, 2.45) is 0 Å². The summed E-state index contributed by atoms with van der Waals surface area (Å²) >= 11 is 0.